The van der Waals surface area contributed by atoms with Crippen LogP contribution in [0.2, 0.25) is 0 Å². The van der Waals surface area contributed by atoms with E-state index in [-0.39, 0.29) is 11.9 Å². The van der Waals surface area contributed by atoms with E-state index in [4.69, 9.17) is 0 Å². The largest absolute Gasteiger partial charge is 0.469 e. The third-order valence-electron chi connectivity index (χ3n) is 3.09. The third-order valence-corrected chi connectivity index (χ3v) is 3.09. The first kappa shape index (κ1) is 14.9. The summed E-state index contributed by atoms with van der Waals surface area (Å²) in [7, 11) is 1.37. The zero-order chi connectivity index (χ0) is 13.4. The van der Waals surface area contributed by atoms with E-state index in [1.165, 1.54) is 7.11 Å². The van der Waals surface area contributed by atoms with Gasteiger partial charge in [-0.05, 0) is 13.3 Å². The lowest BCUT2D eigenvalue weighted by Crippen LogP contribution is -2.52. The summed E-state index contributed by atoms with van der Waals surface area (Å²) in [5.41, 5.74) is 0. The van der Waals surface area contributed by atoms with Crippen molar-refractivity contribution in [3.8, 4) is 0 Å². The number of esters is 1. The number of hydrogen-bond acceptors (Lipinski definition) is 5. The molecule has 0 saturated carbocycles. The van der Waals surface area contributed by atoms with Gasteiger partial charge in [0.25, 0.3) is 0 Å². The van der Waals surface area contributed by atoms with Gasteiger partial charge in [0.05, 0.1) is 13.7 Å². The number of amides is 1. The number of piperazine rings is 1. The van der Waals surface area contributed by atoms with Gasteiger partial charge in [-0.25, -0.2) is 0 Å². The Bertz CT molecular complexity index is 284. The van der Waals surface area contributed by atoms with E-state index < -0.39 is 0 Å². The highest BCUT2D eigenvalue weighted by atomic mass is 16.5. The highest BCUT2D eigenvalue weighted by Crippen LogP contribution is 2.01. The highest BCUT2D eigenvalue weighted by molar-refractivity contribution is 5.78. The number of carbonyl (C=O) groups excluding carboxylic acids is 2. The maximum absolute atomic E-state index is 11.7. The molecule has 6 heteroatoms. The van der Waals surface area contributed by atoms with Gasteiger partial charge in [0.2, 0.25) is 5.91 Å². The average Bonchev–Trinajstić information content (AvgIpc) is 2.37. The fourth-order valence-electron chi connectivity index (χ4n) is 1.92. The molecule has 1 aliphatic rings. The van der Waals surface area contributed by atoms with Crippen molar-refractivity contribution < 1.29 is 14.3 Å². The molecule has 1 atom stereocenters. The smallest absolute Gasteiger partial charge is 0.305 e. The van der Waals surface area contributed by atoms with Crippen LogP contribution in [-0.4, -0.2) is 62.7 Å². The molecule has 18 heavy (non-hydrogen) atoms. The van der Waals surface area contributed by atoms with Crippen LogP contribution in [0.3, 0.4) is 0 Å². The molecule has 1 saturated heterocycles. The van der Waals surface area contributed by atoms with Crippen molar-refractivity contribution in [2.45, 2.75) is 25.8 Å². The first-order valence-electron chi connectivity index (χ1n) is 6.41. The molecule has 1 heterocycles. The zero-order valence-electron chi connectivity index (χ0n) is 11.2. The van der Waals surface area contributed by atoms with E-state index in [1.54, 1.807) is 0 Å². The molecule has 0 aromatic heterocycles. The molecule has 104 valence electrons. The summed E-state index contributed by atoms with van der Waals surface area (Å²) in [6.07, 6.45) is 0.969. The Kier molecular flexibility index (Phi) is 6.67. The minimum Gasteiger partial charge on any atom is -0.469 e. The molecule has 0 spiro atoms. The molecule has 1 fully saturated rings. The fraction of sp³-hybridized carbons (Fsp3) is 0.833. The van der Waals surface area contributed by atoms with Crippen molar-refractivity contribution in [1.82, 2.24) is 15.5 Å². The summed E-state index contributed by atoms with van der Waals surface area (Å²) < 4.78 is 4.53. The van der Waals surface area contributed by atoms with E-state index in [0.29, 0.717) is 32.0 Å². The lowest BCUT2D eigenvalue weighted by Gasteiger charge is -2.33. The predicted molar refractivity (Wildman–Crippen MR) is 68.2 cm³/mol. The number of ether oxygens (including phenoxy) is 1. The summed E-state index contributed by atoms with van der Waals surface area (Å²) in [5, 5.41) is 6.11. The monoisotopic (exact) mass is 257 g/mol. The molecule has 0 aromatic rings. The summed E-state index contributed by atoms with van der Waals surface area (Å²) in [6.45, 7) is 5.82. The predicted octanol–water partition coefficient (Wildman–Crippen LogP) is -0.650. The summed E-state index contributed by atoms with van der Waals surface area (Å²) in [5.74, 6) is -0.214. The van der Waals surface area contributed by atoms with E-state index in [0.717, 1.165) is 19.6 Å². The van der Waals surface area contributed by atoms with Crippen LogP contribution in [0.15, 0.2) is 0 Å². The molecule has 1 rings (SSSR count). The summed E-state index contributed by atoms with van der Waals surface area (Å²) in [6, 6.07) is 0.388. The number of rotatable bonds is 6. The molecule has 0 aromatic carbocycles. The molecular weight excluding hydrogens is 234 g/mol. The van der Waals surface area contributed by atoms with Crippen molar-refractivity contribution >= 4 is 11.9 Å². The maximum atomic E-state index is 11.7. The maximum Gasteiger partial charge on any atom is 0.305 e. The first-order chi connectivity index (χ1) is 8.63. The highest BCUT2D eigenvalue weighted by Gasteiger charge is 2.19. The van der Waals surface area contributed by atoms with Crippen LogP contribution in [0.25, 0.3) is 0 Å². The molecule has 0 bridgehead atoms. The van der Waals surface area contributed by atoms with E-state index >= 15 is 0 Å². The van der Waals surface area contributed by atoms with Gasteiger partial charge in [0.15, 0.2) is 0 Å². The topological polar surface area (TPSA) is 70.7 Å². The van der Waals surface area contributed by atoms with Gasteiger partial charge in [0.1, 0.15) is 0 Å². The number of hydrogen-bond donors (Lipinski definition) is 2. The Balaban J connectivity index is 2.11. The lowest BCUT2D eigenvalue weighted by molar-refractivity contribution is -0.140. The van der Waals surface area contributed by atoms with Crippen molar-refractivity contribution in [2.75, 3.05) is 39.8 Å². The van der Waals surface area contributed by atoms with Crippen LogP contribution < -0.4 is 10.6 Å². The van der Waals surface area contributed by atoms with Crippen LogP contribution in [0.5, 0.6) is 0 Å². The average molecular weight is 257 g/mol. The normalized spacial score (nSPS) is 20.4. The summed E-state index contributed by atoms with van der Waals surface area (Å²) >= 11 is 0. The second-order valence-corrected chi connectivity index (χ2v) is 4.55. The van der Waals surface area contributed by atoms with Crippen molar-refractivity contribution in [3.05, 3.63) is 0 Å². The van der Waals surface area contributed by atoms with Crippen molar-refractivity contribution in [2.24, 2.45) is 0 Å². The molecule has 0 unspecified atom stereocenters. The van der Waals surface area contributed by atoms with Gasteiger partial charge in [0, 0.05) is 38.6 Å². The minimum absolute atomic E-state index is 0.0219. The number of methoxy groups -OCH3 is 1. The Hall–Kier alpha value is -1.14. The van der Waals surface area contributed by atoms with Gasteiger partial charge in [-0.3, -0.25) is 14.5 Å². The Morgan fingerprint density at radius 3 is 2.94 bits per heavy atom. The lowest BCUT2D eigenvalue weighted by atomic mass is 10.2. The van der Waals surface area contributed by atoms with Crippen LogP contribution in [0.1, 0.15) is 19.8 Å². The zero-order valence-corrected chi connectivity index (χ0v) is 11.2. The molecule has 6 nitrogen and oxygen atoms in total. The van der Waals surface area contributed by atoms with Gasteiger partial charge in [-0.1, -0.05) is 0 Å². The fourth-order valence-corrected chi connectivity index (χ4v) is 1.92. The number of nitrogens with zero attached hydrogens (tertiary/aromatic N) is 1. The molecule has 1 amide bonds. The van der Waals surface area contributed by atoms with Crippen LogP contribution in [0, 0.1) is 0 Å². The van der Waals surface area contributed by atoms with Crippen LogP contribution in [-0.2, 0) is 14.3 Å². The van der Waals surface area contributed by atoms with Gasteiger partial charge in [-0.2, -0.15) is 0 Å². The minimum atomic E-state index is -0.236. The second-order valence-electron chi connectivity index (χ2n) is 4.55. The molecular formula is C12H23N3O3. The standard InChI is InChI=1S/C12H23N3O3/c1-10-8-13-6-7-15(10)9-11(16)14-5-3-4-12(17)18-2/h10,13H,3-9H2,1-2H3,(H,14,16)/t10-/m0/s1. The number of nitrogens with one attached hydrogen (secondary N) is 2. The Morgan fingerprint density at radius 2 is 2.28 bits per heavy atom. The van der Waals surface area contributed by atoms with Crippen molar-refractivity contribution in [3.63, 3.8) is 0 Å². The van der Waals surface area contributed by atoms with Gasteiger partial charge < -0.3 is 15.4 Å². The molecule has 1 aliphatic heterocycles. The van der Waals surface area contributed by atoms with E-state index in [9.17, 15) is 9.59 Å². The van der Waals surface area contributed by atoms with Crippen molar-refractivity contribution in [1.29, 1.82) is 0 Å². The van der Waals surface area contributed by atoms with Gasteiger partial charge in [-0.15, -0.1) is 0 Å². The Morgan fingerprint density at radius 1 is 1.50 bits per heavy atom. The Labute approximate surface area is 108 Å². The van der Waals surface area contributed by atoms with Crippen LogP contribution >= 0.6 is 0 Å². The molecule has 0 radical (unpaired) electrons. The number of carbonyl (C=O) groups is 2. The molecule has 0 aliphatic carbocycles. The third kappa shape index (κ3) is 5.46. The first-order valence-corrected chi connectivity index (χ1v) is 6.41. The van der Waals surface area contributed by atoms with E-state index in [1.807, 2.05) is 0 Å². The second kappa shape index (κ2) is 8.05. The van der Waals surface area contributed by atoms with E-state index in [2.05, 4.69) is 27.2 Å². The summed E-state index contributed by atoms with van der Waals surface area (Å²) in [4.78, 5) is 24.7. The molecule has 2 N–H and O–H groups in total. The van der Waals surface area contributed by atoms with Gasteiger partial charge >= 0.3 is 5.97 Å². The van der Waals surface area contributed by atoms with Crippen LogP contribution in [0.4, 0.5) is 0 Å². The SMILES string of the molecule is COC(=O)CCCNC(=O)CN1CCNC[C@@H]1C. The quantitative estimate of drug-likeness (QED) is 0.489.